The van der Waals surface area contributed by atoms with Crippen molar-refractivity contribution in [2.24, 2.45) is 0 Å². The molecule has 2 aromatic rings. The number of carbonyl (C=O) groups excluding carboxylic acids is 2. The molecule has 0 spiro atoms. The first kappa shape index (κ1) is 21.8. The lowest BCUT2D eigenvalue weighted by Crippen LogP contribution is -2.53. The zero-order valence-corrected chi connectivity index (χ0v) is 17.8. The van der Waals surface area contributed by atoms with Crippen LogP contribution in [0.25, 0.3) is 11.1 Å². The van der Waals surface area contributed by atoms with Gasteiger partial charge >= 0.3 is 12.1 Å². The Morgan fingerprint density at radius 2 is 1.75 bits per heavy atom. The van der Waals surface area contributed by atoms with E-state index in [1.54, 1.807) is 6.92 Å². The first-order valence-corrected chi connectivity index (χ1v) is 10.7. The third kappa shape index (κ3) is 4.60. The predicted molar refractivity (Wildman–Crippen MR) is 116 cm³/mol. The van der Waals surface area contributed by atoms with Gasteiger partial charge in [-0.25, -0.2) is 4.79 Å². The molecule has 1 aliphatic heterocycles. The molecule has 168 valence electrons. The maximum absolute atomic E-state index is 12.7. The van der Waals surface area contributed by atoms with Gasteiger partial charge in [-0.2, -0.15) is 0 Å². The van der Waals surface area contributed by atoms with Crippen molar-refractivity contribution in [1.29, 1.82) is 0 Å². The van der Waals surface area contributed by atoms with Crippen LogP contribution >= 0.6 is 0 Å². The zero-order chi connectivity index (χ0) is 22.7. The van der Waals surface area contributed by atoms with Crippen molar-refractivity contribution in [3.8, 4) is 11.1 Å². The minimum Gasteiger partial charge on any atom is -0.481 e. The number of aliphatic carboxylic acids is 1. The first-order chi connectivity index (χ1) is 15.4. The van der Waals surface area contributed by atoms with Crippen LogP contribution in [0.4, 0.5) is 4.79 Å². The number of nitrogens with one attached hydrogen (secondary N) is 1. The summed E-state index contributed by atoms with van der Waals surface area (Å²) in [5, 5.41) is 11.5. The van der Waals surface area contributed by atoms with Gasteiger partial charge < -0.3 is 24.8 Å². The van der Waals surface area contributed by atoms with Gasteiger partial charge in [0.25, 0.3) is 0 Å². The quantitative estimate of drug-likeness (QED) is 0.718. The van der Waals surface area contributed by atoms with Crippen molar-refractivity contribution in [2.75, 3.05) is 26.3 Å². The summed E-state index contributed by atoms with van der Waals surface area (Å²) in [6.07, 6.45) is -1.38. The van der Waals surface area contributed by atoms with E-state index in [-0.39, 0.29) is 38.0 Å². The van der Waals surface area contributed by atoms with Crippen molar-refractivity contribution < 1.29 is 29.0 Å². The summed E-state index contributed by atoms with van der Waals surface area (Å²) in [7, 11) is 0. The molecule has 1 fully saturated rings. The fourth-order valence-electron chi connectivity index (χ4n) is 4.39. The van der Waals surface area contributed by atoms with Gasteiger partial charge in [-0.15, -0.1) is 0 Å². The van der Waals surface area contributed by atoms with E-state index in [1.807, 2.05) is 36.4 Å². The molecule has 0 bridgehead atoms. The molecule has 2 atom stereocenters. The zero-order valence-electron chi connectivity index (χ0n) is 17.8. The van der Waals surface area contributed by atoms with E-state index >= 15 is 0 Å². The fourth-order valence-corrected chi connectivity index (χ4v) is 4.39. The van der Waals surface area contributed by atoms with E-state index in [9.17, 15) is 14.4 Å². The van der Waals surface area contributed by atoms with E-state index in [4.69, 9.17) is 14.6 Å². The van der Waals surface area contributed by atoms with Crippen LogP contribution in [0.5, 0.6) is 0 Å². The van der Waals surface area contributed by atoms with Crippen LogP contribution in [0.2, 0.25) is 0 Å². The Bertz CT molecular complexity index is 978. The van der Waals surface area contributed by atoms with Gasteiger partial charge in [0.1, 0.15) is 12.6 Å². The van der Waals surface area contributed by atoms with Crippen LogP contribution in [-0.2, 0) is 19.1 Å². The molecule has 0 saturated carbocycles. The van der Waals surface area contributed by atoms with Crippen LogP contribution in [0.1, 0.15) is 30.4 Å². The first-order valence-electron chi connectivity index (χ1n) is 10.7. The van der Waals surface area contributed by atoms with Gasteiger partial charge in [0.05, 0.1) is 19.1 Å². The molecule has 0 aromatic heterocycles. The third-order valence-corrected chi connectivity index (χ3v) is 5.90. The second-order valence-corrected chi connectivity index (χ2v) is 8.07. The number of carbonyl (C=O) groups is 3. The van der Waals surface area contributed by atoms with Gasteiger partial charge in [0.2, 0.25) is 5.91 Å². The minimum atomic E-state index is -0.978. The summed E-state index contributed by atoms with van der Waals surface area (Å²) < 4.78 is 10.9. The van der Waals surface area contributed by atoms with Crippen LogP contribution < -0.4 is 5.32 Å². The maximum atomic E-state index is 12.7. The summed E-state index contributed by atoms with van der Waals surface area (Å²) in [5.74, 6) is -1.33. The van der Waals surface area contributed by atoms with Crippen molar-refractivity contribution in [3.63, 3.8) is 0 Å². The number of amides is 2. The van der Waals surface area contributed by atoms with Crippen LogP contribution in [0, 0.1) is 0 Å². The molecule has 2 amide bonds. The molecule has 2 aromatic carbocycles. The van der Waals surface area contributed by atoms with Gasteiger partial charge in [0, 0.05) is 19.0 Å². The summed E-state index contributed by atoms with van der Waals surface area (Å²) in [6, 6.07) is 15.3. The predicted octanol–water partition coefficient (Wildman–Crippen LogP) is 2.62. The molecular weight excluding hydrogens is 412 g/mol. The summed E-state index contributed by atoms with van der Waals surface area (Å²) in [4.78, 5) is 37.6. The standard InChI is InChI=1S/C24H26N2O6/c1-15(23(29)26-10-11-31-16(13-26)12-22(27)28)25-24(30)32-14-21-19-8-4-2-6-17(19)18-7-3-5-9-20(18)21/h2-9,15-16,21H,10-14H2,1H3,(H,25,30)(H,27,28)/t15-,16?/m1/s1. The molecule has 2 aliphatic rings. The molecule has 32 heavy (non-hydrogen) atoms. The van der Waals surface area contributed by atoms with Crippen molar-refractivity contribution >= 4 is 18.0 Å². The average molecular weight is 438 g/mol. The topological polar surface area (TPSA) is 105 Å². The third-order valence-electron chi connectivity index (χ3n) is 5.90. The number of morpholine rings is 1. The lowest BCUT2D eigenvalue weighted by molar-refractivity contribution is -0.148. The second kappa shape index (κ2) is 9.40. The van der Waals surface area contributed by atoms with E-state index < -0.39 is 24.2 Å². The lowest BCUT2D eigenvalue weighted by atomic mass is 9.98. The van der Waals surface area contributed by atoms with Gasteiger partial charge in [-0.1, -0.05) is 48.5 Å². The highest BCUT2D eigenvalue weighted by molar-refractivity contribution is 5.85. The number of nitrogens with zero attached hydrogens (tertiary/aromatic N) is 1. The molecular formula is C24H26N2O6. The summed E-state index contributed by atoms with van der Waals surface area (Å²) in [6.45, 7) is 2.55. The van der Waals surface area contributed by atoms with Crippen LogP contribution in [-0.4, -0.2) is 66.4 Å². The molecule has 1 saturated heterocycles. The Kier molecular flexibility index (Phi) is 6.41. The highest BCUT2D eigenvalue weighted by Gasteiger charge is 2.31. The number of fused-ring (bicyclic) bond motifs is 3. The van der Waals surface area contributed by atoms with E-state index in [1.165, 1.54) is 4.90 Å². The number of hydrogen-bond acceptors (Lipinski definition) is 5. The largest absolute Gasteiger partial charge is 0.481 e. The lowest BCUT2D eigenvalue weighted by Gasteiger charge is -2.33. The molecule has 1 aliphatic carbocycles. The summed E-state index contributed by atoms with van der Waals surface area (Å²) in [5.41, 5.74) is 4.51. The molecule has 8 heteroatoms. The van der Waals surface area contributed by atoms with E-state index in [0.717, 1.165) is 22.3 Å². The van der Waals surface area contributed by atoms with Gasteiger partial charge in [0.15, 0.2) is 0 Å². The van der Waals surface area contributed by atoms with Crippen molar-refractivity contribution in [1.82, 2.24) is 10.2 Å². The molecule has 1 unspecified atom stereocenters. The SMILES string of the molecule is C[C@@H](NC(=O)OCC1c2ccccc2-c2ccccc21)C(=O)N1CCOC(CC(=O)O)C1. The monoisotopic (exact) mass is 438 g/mol. The normalized spacial score (nSPS) is 18.4. The maximum Gasteiger partial charge on any atom is 0.407 e. The Hall–Kier alpha value is -3.39. The molecule has 0 radical (unpaired) electrons. The molecule has 4 rings (SSSR count). The highest BCUT2D eigenvalue weighted by Crippen LogP contribution is 2.44. The average Bonchev–Trinajstić information content (AvgIpc) is 3.10. The summed E-state index contributed by atoms with van der Waals surface area (Å²) >= 11 is 0. The molecule has 1 heterocycles. The minimum absolute atomic E-state index is 0.0600. The van der Waals surface area contributed by atoms with Crippen LogP contribution in [0.3, 0.4) is 0 Å². The van der Waals surface area contributed by atoms with Crippen LogP contribution in [0.15, 0.2) is 48.5 Å². The van der Waals surface area contributed by atoms with Crippen molar-refractivity contribution in [2.45, 2.75) is 31.4 Å². The number of rotatable bonds is 6. The van der Waals surface area contributed by atoms with Gasteiger partial charge in [-0.05, 0) is 29.2 Å². The number of hydrogen-bond donors (Lipinski definition) is 2. The molecule has 8 nitrogen and oxygen atoms in total. The fraction of sp³-hybridized carbons (Fsp3) is 0.375. The number of carboxylic acid groups (broad SMARTS) is 1. The number of alkyl carbamates (subject to hydrolysis) is 1. The molecule has 2 N–H and O–H groups in total. The highest BCUT2D eigenvalue weighted by atomic mass is 16.5. The van der Waals surface area contributed by atoms with E-state index in [0.29, 0.717) is 6.54 Å². The number of benzene rings is 2. The van der Waals surface area contributed by atoms with E-state index in [2.05, 4.69) is 17.4 Å². The van der Waals surface area contributed by atoms with Crippen molar-refractivity contribution in [3.05, 3.63) is 59.7 Å². The smallest absolute Gasteiger partial charge is 0.407 e. The number of ether oxygens (including phenoxy) is 2. The number of carboxylic acids is 1. The second-order valence-electron chi connectivity index (χ2n) is 8.07. The Morgan fingerprint density at radius 1 is 1.12 bits per heavy atom. The van der Waals surface area contributed by atoms with Gasteiger partial charge in [-0.3, -0.25) is 9.59 Å². The Balaban J connectivity index is 1.33. The Labute approximate surface area is 186 Å². The Morgan fingerprint density at radius 3 is 2.38 bits per heavy atom.